The highest BCUT2D eigenvalue weighted by atomic mass is 79.9. The van der Waals surface area contributed by atoms with Crippen LogP contribution in [0.25, 0.3) is 0 Å². The zero-order chi connectivity index (χ0) is 13.0. The molecule has 18 heavy (non-hydrogen) atoms. The summed E-state index contributed by atoms with van der Waals surface area (Å²) in [6, 6.07) is 0.587. The lowest BCUT2D eigenvalue weighted by atomic mass is 9.99. The van der Waals surface area contributed by atoms with Crippen molar-refractivity contribution in [2.24, 2.45) is 0 Å². The monoisotopic (exact) mass is 315 g/mol. The van der Waals surface area contributed by atoms with Crippen molar-refractivity contribution in [1.29, 1.82) is 0 Å². The molecule has 0 aromatic carbocycles. The van der Waals surface area contributed by atoms with E-state index in [1.54, 1.807) is 7.11 Å². The molecule has 0 saturated heterocycles. The Hall–Kier alpha value is -0.390. The van der Waals surface area contributed by atoms with Crippen molar-refractivity contribution in [1.82, 2.24) is 15.1 Å². The molecule has 2 atom stereocenters. The standard InChI is InChI=1S/C13H22BrN3O/c1-3-15-12-6-4-5-10(12)13-11(14)9-16-17(13)7-8-18-2/h9-10,12,15H,3-8H2,1-2H3. The molecular weight excluding hydrogens is 294 g/mol. The van der Waals surface area contributed by atoms with Gasteiger partial charge in [0, 0.05) is 19.1 Å². The summed E-state index contributed by atoms with van der Waals surface area (Å²) in [5, 5.41) is 8.05. The fraction of sp³-hybridized carbons (Fsp3) is 0.769. The highest BCUT2D eigenvalue weighted by molar-refractivity contribution is 9.10. The molecular formula is C13H22BrN3O. The number of halogens is 1. The van der Waals surface area contributed by atoms with Crippen molar-refractivity contribution in [3.63, 3.8) is 0 Å². The smallest absolute Gasteiger partial charge is 0.0658 e. The predicted molar refractivity (Wildman–Crippen MR) is 75.9 cm³/mol. The van der Waals surface area contributed by atoms with Gasteiger partial charge in [-0.05, 0) is 35.3 Å². The molecule has 4 nitrogen and oxygen atoms in total. The predicted octanol–water partition coefficient (Wildman–Crippen LogP) is 2.54. The van der Waals surface area contributed by atoms with Gasteiger partial charge >= 0.3 is 0 Å². The number of hydrogen-bond donors (Lipinski definition) is 1. The van der Waals surface area contributed by atoms with E-state index in [1.165, 1.54) is 25.0 Å². The second-order valence-electron chi connectivity index (χ2n) is 4.80. The molecule has 0 spiro atoms. The Kier molecular flexibility index (Phi) is 5.21. The molecule has 1 N–H and O–H groups in total. The first-order valence-corrected chi connectivity index (χ1v) is 7.50. The fourth-order valence-corrected chi connectivity index (χ4v) is 3.48. The van der Waals surface area contributed by atoms with Gasteiger partial charge in [0.05, 0.1) is 29.5 Å². The minimum atomic E-state index is 0.568. The average Bonchev–Trinajstić information content (AvgIpc) is 2.94. The van der Waals surface area contributed by atoms with Crippen molar-refractivity contribution in [3.8, 4) is 0 Å². The molecule has 102 valence electrons. The van der Waals surface area contributed by atoms with E-state index < -0.39 is 0 Å². The average molecular weight is 316 g/mol. The summed E-state index contributed by atoms with van der Waals surface area (Å²) in [5.74, 6) is 0.568. The largest absolute Gasteiger partial charge is 0.383 e. The zero-order valence-corrected chi connectivity index (χ0v) is 12.7. The summed E-state index contributed by atoms with van der Waals surface area (Å²) < 4.78 is 8.38. The van der Waals surface area contributed by atoms with E-state index in [1.807, 2.05) is 6.20 Å². The van der Waals surface area contributed by atoms with E-state index in [2.05, 4.69) is 38.0 Å². The van der Waals surface area contributed by atoms with E-state index in [9.17, 15) is 0 Å². The number of rotatable bonds is 6. The molecule has 1 heterocycles. The van der Waals surface area contributed by atoms with Crippen LogP contribution in [0.4, 0.5) is 0 Å². The SMILES string of the molecule is CCNC1CCCC1c1c(Br)cnn1CCOC. The number of hydrogen-bond acceptors (Lipinski definition) is 3. The third-order valence-corrected chi connectivity index (χ3v) is 4.28. The molecule has 0 radical (unpaired) electrons. The molecule has 1 aromatic rings. The first kappa shape index (κ1) is 14.0. The van der Waals surface area contributed by atoms with Crippen LogP contribution in [-0.4, -0.2) is 36.1 Å². The Morgan fingerprint density at radius 1 is 1.56 bits per heavy atom. The summed E-state index contributed by atoms with van der Waals surface area (Å²) in [5.41, 5.74) is 1.33. The van der Waals surface area contributed by atoms with Gasteiger partial charge < -0.3 is 10.1 Å². The van der Waals surface area contributed by atoms with E-state index in [0.29, 0.717) is 18.6 Å². The minimum absolute atomic E-state index is 0.568. The molecule has 2 rings (SSSR count). The Labute approximate surface area is 117 Å². The number of aromatic nitrogens is 2. The molecule has 0 amide bonds. The van der Waals surface area contributed by atoms with E-state index in [4.69, 9.17) is 4.74 Å². The fourth-order valence-electron chi connectivity index (χ4n) is 2.89. The van der Waals surface area contributed by atoms with Gasteiger partial charge in [-0.15, -0.1) is 0 Å². The van der Waals surface area contributed by atoms with Gasteiger partial charge in [0.2, 0.25) is 0 Å². The van der Waals surface area contributed by atoms with Crippen molar-refractivity contribution in [2.75, 3.05) is 20.3 Å². The summed E-state index contributed by atoms with van der Waals surface area (Å²) in [7, 11) is 1.73. The van der Waals surface area contributed by atoms with E-state index >= 15 is 0 Å². The molecule has 1 aromatic heterocycles. The number of ether oxygens (including phenoxy) is 1. The Balaban J connectivity index is 2.17. The van der Waals surface area contributed by atoms with Crippen LogP contribution in [0, 0.1) is 0 Å². The maximum Gasteiger partial charge on any atom is 0.0658 e. The zero-order valence-electron chi connectivity index (χ0n) is 11.2. The molecule has 1 aliphatic carbocycles. The molecule has 1 fully saturated rings. The lowest BCUT2D eigenvalue weighted by Crippen LogP contribution is -2.32. The van der Waals surface area contributed by atoms with Crippen LogP contribution in [0.3, 0.4) is 0 Å². The summed E-state index contributed by atoms with van der Waals surface area (Å²) in [6.45, 7) is 4.74. The number of methoxy groups -OCH3 is 1. The third kappa shape index (κ3) is 2.95. The lowest BCUT2D eigenvalue weighted by Gasteiger charge is -2.22. The topological polar surface area (TPSA) is 39.1 Å². The number of likely N-dealkylation sites (N-methyl/N-ethyl adjacent to an activating group) is 1. The third-order valence-electron chi connectivity index (χ3n) is 3.67. The van der Waals surface area contributed by atoms with Gasteiger partial charge in [-0.1, -0.05) is 13.3 Å². The maximum atomic E-state index is 5.16. The van der Waals surface area contributed by atoms with Crippen molar-refractivity contribution in [2.45, 2.75) is 44.7 Å². The van der Waals surface area contributed by atoms with Crippen LogP contribution in [0.15, 0.2) is 10.7 Å². The summed E-state index contributed by atoms with van der Waals surface area (Å²) >= 11 is 3.65. The summed E-state index contributed by atoms with van der Waals surface area (Å²) in [4.78, 5) is 0. The van der Waals surface area contributed by atoms with Gasteiger partial charge in [-0.3, -0.25) is 4.68 Å². The van der Waals surface area contributed by atoms with Crippen molar-refractivity contribution in [3.05, 3.63) is 16.4 Å². The number of nitrogens with one attached hydrogen (secondary N) is 1. The van der Waals surface area contributed by atoms with Crippen molar-refractivity contribution < 1.29 is 4.74 Å². The van der Waals surface area contributed by atoms with Crippen LogP contribution in [0.2, 0.25) is 0 Å². The second-order valence-corrected chi connectivity index (χ2v) is 5.65. The highest BCUT2D eigenvalue weighted by Crippen LogP contribution is 2.37. The van der Waals surface area contributed by atoms with Gasteiger partial charge in [-0.25, -0.2) is 0 Å². The molecule has 2 unspecified atom stereocenters. The normalized spacial score (nSPS) is 23.7. The van der Waals surface area contributed by atoms with Crippen molar-refractivity contribution >= 4 is 15.9 Å². The first-order chi connectivity index (χ1) is 8.77. The van der Waals surface area contributed by atoms with Gasteiger partial charge in [0.15, 0.2) is 0 Å². The van der Waals surface area contributed by atoms with E-state index in [-0.39, 0.29) is 0 Å². The lowest BCUT2D eigenvalue weighted by molar-refractivity contribution is 0.181. The van der Waals surface area contributed by atoms with Crippen LogP contribution >= 0.6 is 15.9 Å². The Bertz CT molecular complexity index is 380. The second kappa shape index (κ2) is 6.68. The number of nitrogens with zero attached hydrogens (tertiary/aromatic N) is 2. The molecule has 5 heteroatoms. The van der Waals surface area contributed by atoms with E-state index in [0.717, 1.165) is 17.6 Å². The van der Waals surface area contributed by atoms with Gasteiger partial charge in [0.1, 0.15) is 0 Å². The summed E-state index contributed by atoms with van der Waals surface area (Å²) in [6.07, 6.45) is 5.71. The quantitative estimate of drug-likeness (QED) is 0.876. The van der Waals surface area contributed by atoms with Gasteiger partial charge in [-0.2, -0.15) is 5.10 Å². The molecule has 1 aliphatic rings. The van der Waals surface area contributed by atoms with Crippen LogP contribution < -0.4 is 5.32 Å². The first-order valence-electron chi connectivity index (χ1n) is 6.71. The highest BCUT2D eigenvalue weighted by Gasteiger charge is 2.31. The van der Waals surface area contributed by atoms with Crippen LogP contribution in [0.5, 0.6) is 0 Å². The minimum Gasteiger partial charge on any atom is -0.383 e. The van der Waals surface area contributed by atoms with Crippen LogP contribution in [-0.2, 0) is 11.3 Å². The molecule has 0 aliphatic heterocycles. The molecule has 1 saturated carbocycles. The Morgan fingerprint density at radius 2 is 2.39 bits per heavy atom. The Morgan fingerprint density at radius 3 is 3.11 bits per heavy atom. The molecule has 0 bridgehead atoms. The maximum absolute atomic E-state index is 5.16. The van der Waals surface area contributed by atoms with Crippen LogP contribution in [0.1, 0.15) is 37.8 Å². The van der Waals surface area contributed by atoms with Gasteiger partial charge in [0.25, 0.3) is 0 Å².